The molecule has 0 aliphatic heterocycles. The van der Waals surface area contributed by atoms with Gasteiger partial charge in [-0.05, 0) is 57.7 Å². The highest BCUT2D eigenvalue weighted by molar-refractivity contribution is 6.76. The van der Waals surface area contributed by atoms with Gasteiger partial charge in [0.05, 0.1) is 55.5 Å². The van der Waals surface area contributed by atoms with Crippen molar-refractivity contribution in [3.63, 3.8) is 0 Å². The van der Waals surface area contributed by atoms with Crippen LogP contribution < -0.4 is 9.47 Å². The second-order valence-electron chi connectivity index (χ2n) is 18.0. The Balaban J connectivity index is 1.46. The van der Waals surface area contributed by atoms with E-state index in [0.29, 0.717) is 69.3 Å². The molecule has 0 amide bonds. The van der Waals surface area contributed by atoms with Crippen LogP contribution in [0.4, 0.5) is 4.39 Å². The number of aromatic nitrogens is 7. The average molecular weight is 864 g/mol. The van der Waals surface area contributed by atoms with Crippen LogP contribution in [0.15, 0.2) is 36.9 Å². The Morgan fingerprint density at radius 2 is 1.60 bits per heavy atom. The normalized spacial score (nSPS) is 16.6. The van der Waals surface area contributed by atoms with E-state index in [0.717, 1.165) is 51.2 Å². The van der Waals surface area contributed by atoms with Crippen LogP contribution in [0.2, 0.25) is 51.4 Å². The number of carbonyl (C=O) groups excluding carboxylic acids is 2. The smallest absolute Gasteiger partial charge is 0.341 e. The first-order valence-electron chi connectivity index (χ1n) is 21.3. The number of ether oxygens (including phenoxy) is 5. The molecule has 0 bridgehead atoms. The number of carbonyl (C=O) groups is 2. The Morgan fingerprint density at radius 3 is 2.25 bits per heavy atom. The zero-order chi connectivity index (χ0) is 43.2. The van der Waals surface area contributed by atoms with Crippen molar-refractivity contribution in [2.75, 3.05) is 33.0 Å². The average Bonchev–Trinajstić information content (AvgIpc) is 3.92. The van der Waals surface area contributed by atoms with Crippen LogP contribution in [-0.4, -0.2) is 101 Å². The first kappa shape index (κ1) is 44.9. The first-order valence-corrected chi connectivity index (χ1v) is 28.7. The second-order valence-corrected chi connectivity index (χ2v) is 29.3. The summed E-state index contributed by atoms with van der Waals surface area (Å²) >= 11 is 0. The van der Waals surface area contributed by atoms with Crippen LogP contribution in [0.5, 0.6) is 11.6 Å². The van der Waals surface area contributed by atoms with Crippen LogP contribution in [0.3, 0.4) is 0 Å². The minimum absolute atomic E-state index is 0.0542. The van der Waals surface area contributed by atoms with Crippen molar-refractivity contribution >= 4 is 44.8 Å². The van der Waals surface area contributed by atoms with Crippen LogP contribution in [0.1, 0.15) is 58.1 Å². The third kappa shape index (κ3) is 10.8. The fourth-order valence-corrected chi connectivity index (χ4v) is 9.01. The molecule has 1 atom stereocenters. The number of fused-ring (bicyclic) bond motifs is 3. The van der Waals surface area contributed by atoms with Crippen LogP contribution in [0.25, 0.3) is 39.1 Å². The zero-order valence-corrected chi connectivity index (χ0v) is 38.8. The Labute approximate surface area is 354 Å². The van der Waals surface area contributed by atoms with Crippen molar-refractivity contribution in [3.8, 4) is 34.0 Å². The standard InChI is InChI=1S/C43H62FN7O7Si2/c1-10-55-39-36-38(31-14-12-30(13-15-31)37(44)43(53)56-11-2)48-40-34(32-16-17-35(45-24-32)33-25-46-49(27-33)18-19-57-29(3)52)26-47-51(40)41(36)50(28-54-20-22-59(4,5)6)42(39)58-21-23-60(7,8)9/h16-17,24-27,30-31,37H,10-15,18-23,28H2,1-9H3/t30-,31+,37?. The monoisotopic (exact) mass is 863 g/mol. The summed E-state index contributed by atoms with van der Waals surface area (Å²) in [6.07, 6.45) is 7.87. The lowest BCUT2D eigenvalue weighted by Crippen LogP contribution is -2.30. The molecule has 0 radical (unpaired) electrons. The molecule has 5 aromatic heterocycles. The van der Waals surface area contributed by atoms with Crippen molar-refractivity contribution in [1.29, 1.82) is 0 Å². The predicted octanol–water partition coefficient (Wildman–Crippen LogP) is 8.78. The SMILES string of the molecule is CCOC(=O)C(F)[C@H]1CC[C@@H](c2nc3c(-c4ccc(-c5cnn(CCOC(C)=O)c5)nc4)cnn3c3c2c(OCC)c(OCC[Si](C)(C)C)n3COCC[Si](C)(C)C)CC1. The molecule has 60 heavy (non-hydrogen) atoms. The summed E-state index contributed by atoms with van der Waals surface area (Å²) in [5.74, 6) is -0.402. The van der Waals surface area contributed by atoms with Gasteiger partial charge in [0, 0.05) is 70.6 Å². The predicted molar refractivity (Wildman–Crippen MR) is 235 cm³/mol. The molecule has 1 aliphatic rings. The second kappa shape index (κ2) is 19.4. The fraction of sp³-hybridized carbons (Fsp3) is 0.581. The fourth-order valence-electron chi connectivity index (χ4n) is 7.54. The molecule has 1 fully saturated rings. The summed E-state index contributed by atoms with van der Waals surface area (Å²) in [5.41, 5.74) is 5.41. The number of hydrogen-bond acceptors (Lipinski definition) is 11. The first-order chi connectivity index (χ1) is 28.6. The minimum atomic E-state index is -1.66. The van der Waals surface area contributed by atoms with E-state index in [4.69, 9.17) is 38.8 Å². The van der Waals surface area contributed by atoms with Gasteiger partial charge in [0.15, 0.2) is 23.2 Å². The van der Waals surface area contributed by atoms with E-state index in [1.54, 1.807) is 17.8 Å². The van der Waals surface area contributed by atoms with Crippen molar-refractivity contribution in [3.05, 3.63) is 42.6 Å². The van der Waals surface area contributed by atoms with Gasteiger partial charge in [0.1, 0.15) is 13.3 Å². The van der Waals surface area contributed by atoms with Gasteiger partial charge in [-0.15, -0.1) is 0 Å². The molecular formula is C43H62FN7O7Si2. The van der Waals surface area contributed by atoms with Gasteiger partial charge in [-0.25, -0.2) is 14.2 Å². The summed E-state index contributed by atoms with van der Waals surface area (Å²) in [5, 5.41) is 10.2. The van der Waals surface area contributed by atoms with E-state index in [-0.39, 0.29) is 31.8 Å². The van der Waals surface area contributed by atoms with Gasteiger partial charge < -0.3 is 23.7 Å². The van der Waals surface area contributed by atoms with Crippen LogP contribution >= 0.6 is 0 Å². The van der Waals surface area contributed by atoms with Gasteiger partial charge in [-0.1, -0.05) is 45.3 Å². The molecule has 0 spiro atoms. The summed E-state index contributed by atoms with van der Waals surface area (Å²) < 4.78 is 50.8. The van der Waals surface area contributed by atoms with Crippen molar-refractivity contribution < 1.29 is 37.7 Å². The molecule has 5 heterocycles. The van der Waals surface area contributed by atoms with Crippen molar-refractivity contribution in [2.24, 2.45) is 5.92 Å². The summed E-state index contributed by atoms with van der Waals surface area (Å²) in [6, 6.07) is 5.90. The topological polar surface area (TPSA) is 146 Å². The number of halogens is 1. The molecule has 0 aromatic carbocycles. The van der Waals surface area contributed by atoms with Crippen LogP contribution in [0, 0.1) is 5.92 Å². The lowest BCUT2D eigenvalue weighted by atomic mass is 9.78. The number of pyridine rings is 1. The molecule has 326 valence electrons. The minimum Gasteiger partial charge on any atom is -0.488 e. The van der Waals surface area contributed by atoms with E-state index in [9.17, 15) is 9.59 Å². The van der Waals surface area contributed by atoms with E-state index in [1.165, 1.54) is 6.92 Å². The summed E-state index contributed by atoms with van der Waals surface area (Å²) in [6.45, 7) is 21.6. The molecule has 6 rings (SSSR count). The van der Waals surface area contributed by atoms with Gasteiger partial charge in [-0.3, -0.25) is 19.0 Å². The largest absolute Gasteiger partial charge is 0.488 e. The van der Waals surface area contributed by atoms with E-state index in [1.807, 2.05) is 46.7 Å². The lowest BCUT2D eigenvalue weighted by Gasteiger charge is -2.29. The third-order valence-electron chi connectivity index (χ3n) is 10.9. The molecule has 0 saturated heterocycles. The maximum absolute atomic E-state index is 15.3. The van der Waals surface area contributed by atoms with Crippen LogP contribution in [-0.2, 0) is 37.1 Å². The van der Waals surface area contributed by atoms with Gasteiger partial charge in [-0.2, -0.15) is 14.7 Å². The molecule has 1 aliphatic carbocycles. The van der Waals surface area contributed by atoms with E-state index < -0.39 is 34.2 Å². The Kier molecular flexibility index (Phi) is 14.5. The van der Waals surface area contributed by atoms with Gasteiger partial charge in [0.2, 0.25) is 5.88 Å². The molecule has 1 unspecified atom stereocenters. The molecule has 1 saturated carbocycles. The number of rotatable bonds is 20. The van der Waals surface area contributed by atoms with E-state index >= 15 is 4.39 Å². The Hall–Kier alpha value is -4.62. The molecular weight excluding hydrogens is 802 g/mol. The highest BCUT2D eigenvalue weighted by Gasteiger charge is 2.37. The quantitative estimate of drug-likeness (QED) is 0.0421. The number of nitrogens with zero attached hydrogens (tertiary/aromatic N) is 7. The number of alkyl halides is 1. The van der Waals surface area contributed by atoms with Crippen molar-refractivity contribution in [2.45, 2.75) is 123 Å². The highest BCUT2D eigenvalue weighted by atomic mass is 28.3. The highest BCUT2D eigenvalue weighted by Crippen LogP contribution is 2.47. The third-order valence-corrected chi connectivity index (χ3v) is 14.3. The van der Waals surface area contributed by atoms with Crippen molar-refractivity contribution in [1.82, 2.24) is 33.9 Å². The maximum atomic E-state index is 15.3. The summed E-state index contributed by atoms with van der Waals surface area (Å²) in [7, 11) is -2.83. The molecule has 0 N–H and O–H groups in total. The lowest BCUT2D eigenvalue weighted by molar-refractivity contribution is -0.151. The van der Waals surface area contributed by atoms with E-state index in [2.05, 4.69) is 44.4 Å². The number of esters is 2. The molecule has 17 heteroatoms. The molecule has 5 aromatic rings. The summed E-state index contributed by atoms with van der Waals surface area (Å²) in [4.78, 5) is 33.8. The Morgan fingerprint density at radius 1 is 0.867 bits per heavy atom. The zero-order valence-electron chi connectivity index (χ0n) is 36.8. The van der Waals surface area contributed by atoms with Gasteiger partial charge in [0.25, 0.3) is 0 Å². The Bertz CT molecular complexity index is 2240. The number of hydrogen-bond donors (Lipinski definition) is 0. The van der Waals surface area contributed by atoms with Gasteiger partial charge >= 0.3 is 11.9 Å². The maximum Gasteiger partial charge on any atom is 0.341 e. The molecule has 14 nitrogen and oxygen atoms in total.